The SMILES string of the molecule is I.NC(=NCc1ccnc(OCC2CC2)c1)N1CCCCCC1. The van der Waals surface area contributed by atoms with Gasteiger partial charge in [-0.1, -0.05) is 12.8 Å². The van der Waals surface area contributed by atoms with Crippen LogP contribution in [-0.2, 0) is 6.54 Å². The third kappa shape index (κ3) is 6.16. The Morgan fingerprint density at radius 1 is 1.26 bits per heavy atom. The molecule has 1 saturated carbocycles. The summed E-state index contributed by atoms with van der Waals surface area (Å²) in [4.78, 5) is 11.0. The zero-order chi connectivity index (χ0) is 15.2. The first-order chi connectivity index (χ1) is 10.8. The quantitative estimate of drug-likeness (QED) is 0.443. The third-order valence-electron chi connectivity index (χ3n) is 4.32. The van der Waals surface area contributed by atoms with Gasteiger partial charge in [0.2, 0.25) is 5.88 Å². The number of hydrogen-bond acceptors (Lipinski definition) is 3. The predicted octanol–water partition coefficient (Wildman–Crippen LogP) is 3.18. The van der Waals surface area contributed by atoms with Gasteiger partial charge >= 0.3 is 0 Å². The lowest BCUT2D eigenvalue weighted by molar-refractivity contribution is 0.288. The summed E-state index contributed by atoms with van der Waals surface area (Å²) in [7, 11) is 0. The molecule has 0 aromatic carbocycles. The molecule has 128 valence electrons. The van der Waals surface area contributed by atoms with Gasteiger partial charge in [0.15, 0.2) is 5.96 Å². The number of rotatable bonds is 5. The van der Waals surface area contributed by atoms with Gasteiger partial charge in [-0.05, 0) is 43.2 Å². The predicted molar refractivity (Wildman–Crippen MR) is 103 cm³/mol. The van der Waals surface area contributed by atoms with Crippen molar-refractivity contribution < 1.29 is 4.74 Å². The first-order valence-corrected chi connectivity index (χ1v) is 8.44. The molecule has 1 aromatic heterocycles. The Morgan fingerprint density at radius 2 is 2.00 bits per heavy atom. The van der Waals surface area contributed by atoms with Crippen LogP contribution in [0.15, 0.2) is 23.3 Å². The number of aromatic nitrogens is 1. The minimum atomic E-state index is 0. The van der Waals surface area contributed by atoms with E-state index in [9.17, 15) is 0 Å². The fourth-order valence-corrected chi connectivity index (χ4v) is 2.69. The first-order valence-electron chi connectivity index (χ1n) is 8.44. The second-order valence-electron chi connectivity index (χ2n) is 6.33. The minimum absolute atomic E-state index is 0. The van der Waals surface area contributed by atoms with Crippen molar-refractivity contribution in [2.75, 3.05) is 19.7 Å². The summed E-state index contributed by atoms with van der Waals surface area (Å²) in [6.07, 6.45) is 9.39. The second-order valence-corrected chi connectivity index (χ2v) is 6.33. The monoisotopic (exact) mass is 430 g/mol. The van der Waals surface area contributed by atoms with Crippen LogP contribution in [0.1, 0.15) is 44.1 Å². The van der Waals surface area contributed by atoms with E-state index in [-0.39, 0.29) is 24.0 Å². The summed E-state index contributed by atoms with van der Waals surface area (Å²) < 4.78 is 5.71. The van der Waals surface area contributed by atoms with E-state index in [2.05, 4.69) is 14.9 Å². The molecule has 5 nitrogen and oxygen atoms in total. The number of ether oxygens (including phenoxy) is 1. The molecule has 1 saturated heterocycles. The smallest absolute Gasteiger partial charge is 0.213 e. The van der Waals surface area contributed by atoms with Crippen LogP contribution in [0, 0.1) is 5.92 Å². The van der Waals surface area contributed by atoms with Gasteiger partial charge in [0.1, 0.15) is 0 Å². The normalized spacial score (nSPS) is 19.0. The van der Waals surface area contributed by atoms with Crippen molar-refractivity contribution >= 4 is 29.9 Å². The Bertz CT molecular complexity index is 511. The lowest BCUT2D eigenvalue weighted by Gasteiger charge is -2.21. The van der Waals surface area contributed by atoms with E-state index < -0.39 is 0 Å². The molecule has 1 aliphatic carbocycles. The van der Waals surface area contributed by atoms with Gasteiger partial charge in [0.05, 0.1) is 13.2 Å². The van der Waals surface area contributed by atoms with Crippen molar-refractivity contribution in [2.24, 2.45) is 16.6 Å². The molecule has 0 radical (unpaired) electrons. The molecule has 2 fully saturated rings. The molecule has 0 spiro atoms. The maximum atomic E-state index is 6.14. The molecule has 6 heteroatoms. The molecule has 0 atom stereocenters. The summed E-state index contributed by atoms with van der Waals surface area (Å²) >= 11 is 0. The van der Waals surface area contributed by atoms with Crippen molar-refractivity contribution in [1.29, 1.82) is 0 Å². The Kier molecular flexibility index (Phi) is 7.39. The first kappa shape index (κ1) is 18.3. The number of nitrogens with zero attached hydrogens (tertiary/aromatic N) is 3. The third-order valence-corrected chi connectivity index (χ3v) is 4.32. The molecule has 0 unspecified atom stereocenters. The summed E-state index contributed by atoms with van der Waals surface area (Å²) in [5, 5.41) is 0. The zero-order valence-corrected chi connectivity index (χ0v) is 15.9. The summed E-state index contributed by atoms with van der Waals surface area (Å²) in [5.41, 5.74) is 7.24. The molecule has 2 N–H and O–H groups in total. The molecular weight excluding hydrogens is 403 g/mol. The molecule has 0 amide bonds. The van der Waals surface area contributed by atoms with E-state index in [1.54, 1.807) is 6.20 Å². The van der Waals surface area contributed by atoms with Crippen LogP contribution in [0.5, 0.6) is 5.88 Å². The molecule has 1 aromatic rings. The Morgan fingerprint density at radius 3 is 2.70 bits per heavy atom. The van der Waals surface area contributed by atoms with E-state index in [1.807, 2.05) is 12.1 Å². The number of guanidine groups is 1. The number of aliphatic imine (C=N–C) groups is 1. The highest BCUT2D eigenvalue weighted by molar-refractivity contribution is 14.0. The molecule has 23 heavy (non-hydrogen) atoms. The van der Waals surface area contributed by atoms with E-state index in [1.165, 1.54) is 38.5 Å². The number of pyridine rings is 1. The standard InChI is InChI=1S/C17H26N4O.HI/c18-17(21-9-3-1-2-4-10-21)20-12-15-7-8-19-16(11-15)22-13-14-5-6-14;/h7-8,11,14H,1-6,9-10,12-13H2,(H2,18,20);1H. The Balaban J connectivity index is 0.00000192. The number of halogens is 1. The highest BCUT2D eigenvalue weighted by Crippen LogP contribution is 2.29. The van der Waals surface area contributed by atoms with Crippen LogP contribution < -0.4 is 10.5 Å². The van der Waals surface area contributed by atoms with Crippen LogP contribution >= 0.6 is 24.0 Å². The maximum absolute atomic E-state index is 6.14. The summed E-state index contributed by atoms with van der Waals surface area (Å²) in [6, 6.07) is 3.95. The lowest BCUT2D eigenvalue weighted by Crippen LogP contribution is -2.38. The van der Waals surface area contributed by atoms with Crippen LogP contribution in [0.4, 0.5) is 0 Å². The zero-order valence-electron chi connectivity index (χ0n) is 13.6. The van der Waals surface area contributed by atoms with Crippen molar-refractivity contribution in [1.82, 2.24) is 9.88 Å². The van der Waals surface area contributed by atoms with Crippen LogP contribution in [0.3, 0.4) is 0 Å². The largest absolute Gasteiger partial charge is 0.477 e. The van der Waals surface area contributed by atoms with Gasteiger partial charge in [-0.25, -0.2) is 9.98 Å². The van der Waals surface area contributed by atoms with Crippen molar-refractivity contribution in [3.63, 3.8) is 0 Å². The minimum Gasteiger partial charge on any atom is -0.477 e. The van der Waals surface area contributed by atoms with Gasteiger partial charge < -0.3 is 15.4 Å². The van der Waals surface area contributed by atoms with Gasteiger partial charge in [-0.2, -0.15) is 0 Å². The highest BCUT2D eigenvalue weighted by Gasteiger charge is 2.22. The van der Waals surface area contributed by atoms with E-state index in [0.717, 1.165) is 31.2 Å². The fourth-order valence-electron chi connectivity index (χ4n) is 2.69. The average molecular weight is 430 g/mol. The van der Waals surface area contributed by atoms with Crippen molar-refractivity contribution in [2.45, 2.75) is 45.1 Å². The second kappa shape index (κ2) is 9.30. The number of hydrogen-bond donors (Lipinski definition) is 1. The molecule has 2 heterocycles. The van der Waals surface area contributed by atoms with E-state index in [0.29, 0.717) is 18.4 Å². The van der Waals surface area contributed by atoms with Crippen molar-refractivity contribution in [3.8, 4) is 5.88 Å². The van der Waals surface area contributed by atoms with Crippen LogP contribution in [-0.4, -0.2) is 35.5 Å². The fraction of sp³-hybridized carbons (Fsp3) is 0.647. The summed E-state index contributed by atoms with van der Waals surface area (Å²) in [5.74, 6) is 2.11. The Labute approximate surface area is 155 Å². The maximum Gasteiger partial charge on any atom is 0.213 e. The molecule has 3 rings (SSSR count). The van der Waals surface area contributed by atoms with Crippen molar-refractivity contribution in [3.05, 3.63) is 23.9 Å². The van der Waals surface area contributed by atoms with Crippen LogP contribution in [0.2, 0.25) is 0 Å². The van der Waals surface area contributed by atoms with Gasteiger partial charge in [0, 0.05) is 25.4 Å². The lowest BCUT2D eigenvalue weighted by atomic mass is 10.2. The van der Waals surface area contributed by atoms with E-state index in [4.69, 9.17) is 10.5 Å². The van der Waals surface area contributed by atoms with Gasteiger partial charge in [-0.3, -0.25) is 0 Å². The topological polar surface area (TPSA) is 63.7 Å². The molecule has 0 bridgehead atoms. The molecule has 2 aliphatic rings. The van der Waals surface area contributed by atoms with Gasteiger partial charge in [-0.15, -0.1) is 24.0 Å². The van der Waals surface area contributed by atoms with E-state index >= 15 is 0 Å². The highest BCUT2D eigenvalue weighted by atomic mass is 127. The van der Waals surface area contributed by atoms with Crippen LogP contribution in [0.25, 0.3) is 0 Å². The Hall–Kier alpha value is -1.05. The molecule has 1 aliphatic heterocycles. The van der Waals surface area contributed by atoms with Gasteiger partial charge in [0.25, 0.3) is 0 Å². The molecular formula is C17H27IN4O. The summed E-state index contributed by atoms with van der Waals surface area (Å²) in [6.45, 7) is 3.43. The number of likely N-dealkylation sites (tertiary alicyclic amines) is 1. The number of nitrogens with two attached hydrogens (primary N) is 1. The average Bonchev–Trinajstić information content (AvgIpc) is 3.37.